The number of sulfonamides is 1. The van der Waals surface area contributed by atoms with Crippen molar-refractivity contribution in [2.24, 2.45) is 0 Å². The van der Waals surface area contributed by atoms with E-state index < -0.39 is 10.0 Å². The van der Waals surface area contributed by atoms with Gasteiger partial charge in [0.1, 0.15) is 4.21 Å². The molecule has 1 aliphatic heterocycles. The molecule has 2 aromatic heterocycles. The highest BCUT2D eigenvalue weighted by atomic mass is 79.9. The van der Waals surface area contributed by atoms with E-state index in [1.807, 2.05) is 6.92 Å². The van der Waals surface area contributed by atoms with Gasteiger partial charge in [-0.1, -0.05) is 0 Å². The molecule has 6 nitrogen and oxygen atoms in total. The number of carbonyl (C=O) groups excluding carboxylic acids is 1. The van der Waals surface area contributed by atoms with Crippen molar-refractivity contribution in [1.82, 2.24) is 14.2 Å². The molecule has 3 heterocycles. The van der Waals surface area contributed by atoms with Crippen LogP contribution in [0.25, 0.3) is 0 Å². The van der Waals surface area contributed by atoms with Gasteiger partial charge in [-0.05, 0) is 47.1 Å². The number of pyridine rings is 1. The molecule has 9 heteroatoms. The van der Waals surface area contributed by atoms with Gasteiger partial charge >= 0.3 is 0 Å². The highest BCUT2D eigenvalue weighted by Crippen LogP contribution is 2.29. The fourth-order valence-corrected chi connectivity index (χ4v) is 6.06. The van der Waals surface area contributed by atoms with Crippen molar-refractivity contribution in [1.29, 1.82) is 0 Å². The second-order valence-corrected chi connectivity index (χ2v) is 10.1. The van der Waals surface area contributed by atoms with Gasteiger partial charge in [-0.15, -0.1) is 11.3 Å². The van der Waals surface area contributed by atoms with E-state index in [0.29, 0.717) is 36.0 Å². The van der Waals surface area contributed by atoms with Crippen LogP contribution in [0.1, 0.15) is 16.1 Å². The van der Waals surface area contributed by atoms with E-state index in [2.05, 4.69) is 20.9 Å². The number of piperazine rings is 1. The molecule has 0 unspecified atom stereocenters. The third-order valence-electron chi connectivity index (χ3n) is 3.83. The second-order valence-electron chi connectivity index (χ2n) is 5.44. The predicted molar refractivity (Wildman–Crippen MR) is 95.7 cm³/mol. The number of carbonyl (C=O) groups is 1. The lowest BCUT2D eigenvalue weighted by Gasteiger charge is -2.33. The summed E-state index contributed by atoms with van der Waals surface area (Å²) in [6, 6.07) is 6.86. The van der Waals surface area contributed by atoms with Gasteiger partial charge in [0.25, 0.3) is 15.9 Å². The maximum absolute atomic E-state index is 12.6. The Morgan fingerprint density at radius 3 is 2.42 bits per heavy atom. The van der Waals surface area contributed by atoms with E-state index >= 15 is 0 Å². The molecule has 1 amide bonds. The molecule has 0 saturated carbocycles. The normalized spacial score (nSPS) is 16.3. The standard InChI is InChI=1S/C15H16BrN3O3S2/c1-11-2-3-12(10-17-11)15(20)18-6-8-19(9-7-18)24(21,22)14-5-4-13(16)23-14/h2-5,10H,6-9H2,1H3. The van der Waals surface area contributed by atoms with Crippen molar-refractivity contribution < 1.29 is 13.2 Å². The number of rotatable bonds is 3. The van der Waals surface area contributed by atoms with Crippen molar-refractivity contribution >= 4 is 43.2 Å². The molecule has 0 aromatic carbocycles. The molecule has 0 spiro atoms. The summed E-state index contributed by atoms with van der Waals surface area (Å²) in [4.78, 5) is 18.3. The number of hydrogen-bond donors (Lipinski definition) is 0. The smallest absolute Gasteiger partial charge is 0.255 e. The lowest BCUT2D eigenvalue weighted by atomic mass is 10.2. The van der Waals surface area contributed by atoms with Crippen molar-refractivity contribution in [2.45, 2.75) is 11.1 Å². The first-order valence-electron chi connectivity index (χ1n) is 7.35. The molecule has 2 aromatic rings. The Morgan fingerprint density at radius 1 is 1.17 bits per heavy atom. The van der Waals surface area contributed by atoms with Gasteiger partial charge in [0.05, 0.1) is 9.35 Å². The van der Waals surface area contributed by atoms with Crippen LogP contribution in [0, 0.1) is 6.92 Å². The number of aryl methyl sites for hydroxylation is 1. The molecule has 0 radical (unpaired) electrons. The SMILES string of the molecule is Cc1ccc(C(=O)N2CCN(S(=O)(=O)c3ccc(Br)s3)CC2)cn1. The maximum Gasteiger partial charge on any atom is 0.255 e. The molecule has 24 heavy (non-hydrogen) atoms. The molecule has 1 aliphatic rings. The minimum atomic E-state index is -3.49. The molecule has 0 N–H and O–H groups in total. The van der Waals surface area contributed by atoms with Crippen molar-refractivity contribution in [3.8, 4) is 0 Å². The average Bonchev–Trinajstić information content (AvgIpc) is 3.02. The highest BCUT2D eigenvalue weighted by molar-refractivity contribution is 9.11. The lowest BCUT2D eigenvalue weighted by Crippen LogP contribution is -2.50. The van der Waals surface area contributed by atoms with Crippen LogP contribution in [0.3, 0.4) is 0 Å². The zero-order valence-corrected chi connectivity index (χ0v) is 16.2. The monoisotopic (exact) mass is 429 g/mol. The highest BCUT2D eigenvalue weighted by Gasteiger charge is 2.31. The van der Waals surface area contributed by atoms with Gasteiger partial charge in [-0.25, -0.2) is 8.42 Å². The Morgan fingerprint density at radius 2 is 1.88 bits per heavy atom. The summed E-state index contributed by atoms with van der Waals surface area (Å²) < 4.78 is 27.7. The number of hydrogen-bond acceptors (Lipinski definition) is 5. The van der Waals surface area contributed by atoms with Crippen molar-refractivity contribution in [2.75, 3.05) is 26.2 Å². The van der Waals surface area contributed by atoms with Crippen molar-refractivity contribution in [3.05, 3.63) is 45.5 Å². The van der Waals surface area contributed by atoms with Crippen LogP contribution in [0.2, 0.25) is 0 Å². The number of aromatic nitrogens is 1. The number of amides is 1. The molecule has 0 aliphatic carbocycles. The zero-order chi connectivity index (χ0) is 17.3. The predicted octanol–water partition coefficient (Wildman–Crippen LogP) is 2.36. The summed E-state index contributed by atoms with van der Waals surface area (Å²) in [6.07, 6.45) is 1.56. The van der Waals surface area contributed by atoms with Crippen LogP contribution in [0.15, 0.2) is 38.5 Å². The summed E-state index contributed by atoms with van der Waals surface area (Å²) in [5, 5.41) is 0. The van der Waals surface area contributed by atoms with Crippen LogP contribution in [0.4, 0.5) is 0 Å². The lowest BCUT2D eigenvalue weighted by molar-refractivity contribution is 0.0697. The van der Waals surface area contributed by atoms with Crippen molar-refractivity contribution in [3.63, 3.8) is 0 Å². The van der Waals surface area contributed by atoms with Crippen LogP contribution in [-0.2, 0) is 10.0 Å². The largest absolute Gasteiger partial charge is 0.336 e. The van der Waals surface area contributed by atoms with E-state index in [-0.39, 0.29) is 5.91 Å². The van der Waals surface area contributed by atoms with Gasteiger partial charge in [0.15, 0.2) is 0 Å². The molecular weight excluding hydrogens is 414 g/mol. The fourth-order valence-electron chi connectivity index (χ4n) is 2.47. The third kappa shape index (κ3) is 3.53. The topological polar surface area (TPSA) is 70.6 Å². The Balaban J connectivity index is 1.67. The molecule has 128 valence electrons. The molecular formula is C15H16BrN3O3S2. The molecule has 0 atom stereocenters. The van der Waals surface area contributed by atoms with E-state index in [9.17, 15) is 13.2 Å². The second kappa shape index (κ2) is 6.91. The number of thiophene rings is 1. The minimum Gasteiger partial charge on any atom is -0.336 e. The zero-order valence-electron chi connectivity index (χ0n) is 13.0. The quantitative estimate of drug-likeness (QED) is 0.750. The summed E-state index contributed by atoms with van der Waals surface area (Å²) in [5.41, 5.74) is 1.38. The van der Waals surface area contributed by atoms with Crippen LogP contribution in [0.5, 0.6) is 0 Å². The van der Waals surface area contributed by atoms with Crippen LogP contribution in [-0.4, -0.2) is 54.7 Å². The Kier molecular flexibility index (Phi) is 5.05. The Labute approximate surface area is 153 Å². The first-order valence-corrected chi connectivity index (χ1v) is 10.4. The first kappa shape index (κ1) is 17.5. The molecule has 1 saturated heterocycles. The molecule has 1 fully saturated rings. The van der Waals surface area contributed by atoms with Gasteiger partial charge in [0, 0.05) is 38.1 Å². The van der Waals surface area contributed by atoms with E-state index in [1.165, 1.54) is 15.6 Å². The van der Waals surface area contributed by atoms with Crippen LogP contribution < -0.4 is 0 Å². The average molecular weight is 430 g/mol. The first-order chi connectivity index (χ1) is 11.4. The van der Waals surface area contributed by atoms with Crippen LogP contribution >= 0.6 is 27.3 Å². The Bertz CT molecular complexity index is 841. The van der Waals surface area contributed by atoms with Gasteiger partial charge in [-0.2, -0.15) is 4.31 Å². The number of halogens is 1. The number of nitrogens with zero attached hydrogens (tertiary/aromatic N) is 3. The molecule has 3 rings (SSSR count). The summed E-state index contributed by atoms with van der Waals surface area (Å²) in [7, 11) is -3.49. The van der Waals surface area contributed by atoms with E-state index in [0.717, 1.165) is 9.48 Å². The Hall–Kier alpha value is -1.29. The summed E-state index contributed by atoms with van der Waals surface area (Å²) >= 11 is 4.48. The summed E-state index contributed by atoms with van der Waals surface area (Å²) in [6.45, 7) is 3.20. The van der Waals surface area contributed by atoms with Gasteiger partial charge in [0.2, 0.25) is 0 Å². The maximum atomic E-state index is 12.6. The fraction of sp³-hybridized carbons (Fsp3) is 0.333. The van der Waals surface area contributed by atoms with E-state index in [1.54, 1.807) is 35.4 Å². The van der Waals surface area contributed by atoms with Gasteiger partial charge in [-0.3, -0.25) is 9.78 Å². The third-order valence-corrected chi connectivity index (χ3v) is 7.82. The molecule has 0 bridgehead atoms. The summed E-state index contributed by atoms with van der Waals surface area (Å²) in [5.74, 6) is -0.113. The van der Waals surface area contributed by atoms with E-state index in [4.69, 9.17) is 0 Å². The van der Waals surface area contributed by atoms with Gasteiger partial charge < -0.3 is 4.90 Å². The minimum absolute atomic E-state index is 0.113.